The van der Waals surface area contributed by atoms with Crippen molar-refractivity contribution >= 4 is 23.0 Å². The van der Waals surface area contributed by atoms with Crippen LogP contribution in [0.5, 0.6) is 0 Å². The summed E-state index contributed by atoms with van der Waals surface area (Å²) in [4.78, 5) is 27.5. The summed E-state index contributed by atoms with van der Waals surface area (Å²) in [6.45, 7) is 3.81. The molecule has 112 valence electrons. The Labute approximate surface area is 122 Å². The van der Waals surface area contributed by atoms with Gasteiger partial charge in [0.1, 0.15) is 11.6 Å². The number of nitrogens with zero attached hydrogens (tertiary/aromatic N) is 1. The van der Waals surface area contributed by atoms with Crippen molar-refractivity contribution in [2.24, 2.45) is 0 Å². The molecule has 2 heterocycles. The van der Waals surface area contributed by atoms with Crippen LogP contribution in [0.15, 0.2) is 22.6 Å². The van der Waals surface area contributed by atoms with Gasteiger partial charge in [0.15, 0.2) is 11.3 Å². The maximum Gasteiger partial charge on any atom is 0.326 e. The van der Waals surface area contributed by atoms with E-state index >= 15 is 0 Å². The summed E-state index contributed by atoms with van der Waals surface area (Å²) < 4.78 is 5.40. The lowest BCUT2D eigenvalue weighted by Gasteiger charge is -2.12. The van der Waals surface area contributed by atoms with E-state index < -0.39 is 17.9 Å². The van der Waals surface area contributed by atoms with Crippen molar-refractivity contribution in [3.63, 3.8) is 0 Å². The van der Waals surface area contributed by atoms with E-state index in [0.29, 0.717) is 17.5 Å². The number of carboxylic acids is 1. The molecule has 0 aliphatic heterocycles. The molecular formula is C15H18N2O4. The first-order valence-electron chi connectivity index (χ1n) is 6.92. The third-order valence-corrected chi connectivity index (χ3v) is 3.19. The highest BCUT2D eigenvalue weighted by molar-refractivity contribution is 5.97. The summed E-state index contributed by atoms with van der Waals surface area (Å²) in [7, 11) is 0. The Hall–Kier alpha value is -2.37. The fourth-order valence-electron chi connectivity index (χ4n) is 2.03. The van der Waals surface area contributed by atoms with Gasteiger partial charge in [0.2, 0.25) is 0 Å². The van der Waals surface area contributed by atoms with Crippen molar-refractivity contribution in [2.75, 3.05) is 0 Å². The van der Waals surface area contributed by atoms with Crippen molar-refractivity contribution in [1.29, 1.82) is 0 Å². The highest BCUT2D eigenvalue weighted by Crippen LogP contribution is 2.18. The molecule has 1 unspecified atom stereocenters. The number of carbonyl (C=O) groups is 2. The van der Waals surface area contributed by atoms with Gasteiger partial charge in [-0.25, -0.2) is 9.78 Å². The number of aryl methyl sites for hydroxylation is 1. The second-order valence-electron chi connectivity index (χ2n) is 4.95. The number of amides is 1. The number of fused-ring (bicyclic) bond motifs is 1. The number of hydrogen-bond donors (Lipinski definition) is 2. The monoisotopic (exact) mass is 290 g/mol. The zero-order valence-corrected chi connectivity index (χ0v) is 12.0. The van der Waals surface area contributed by atoms with Gasteiger partial charge in [0, 0.05) is 11.8 Å². The zero-order valence-electron chi connectivity index (χ0n) is 12.0. The van der Waals surface area contributed by atoms with Crippen molar-refractivity contribution in [3.05, 3.63) is 29.7 Å². The first-order chi connectivity index (χ1) is 10.0. The lowest BCUT2D eigenvalue weighted by Crippen LogP contribution is -2.40. The summed E-state index contributed by atoms with van der Waals surface area (Å²) in [5.41, 5.74) is 1.91. The predicted molar refractivity (Wildman–Crippen MR) is 77.2 cm³/mol. The van der Waals surface area contributed by atoms with Crippen LogP contribution in [0.1, 0.15) is 42.4 Å². The highest BCUT2D eigenvalue weighted by atomic mass is 16.4. The van der Waals surface area contributed by atoms with E-state index in [9.17, 15) is 9.59 Å². The molecule has 0 aromatic carbocycles. The number of furan rings is 1. The number of pyridine rings is 1. The number of unbranched alkanes of at least 4 members (excludes halogenated alkanes) is 1. The maximum absolute atomic E-state index is 12.1. The van der Waals surface area contributed by atoms with Crippen LogP contribution < -0.4 is 5.32 Å². The molecule has 2 N–H and O–H groups in total. The second-order valence-corrected chi connectivity index (χ2v) is 4.95. The van der Waals surface area contributed by atoms with Crippen molar-refractivity contribution < 1.29 is 19.1 Å². The third-order valence-electron chi connectivity index (χ3n) is 3.19. The normalized spacial score (nSPS) is 12.3. The fourth-order valence-corrected chi connectivity index (χ4v) is 2.03. The van der Waals surface area contributed by atoms with Gasteiger partial charge in [0.25, 0.3) is 5.91 Å². The third kappa shape index (κ3) is 3.59. The molecule has 2 aromatic rings. The number of hydrogen-bond acceptors (Lipinski definition) is 4. The average molecular weight is 290 g/mol. The molecule has 6 heteroatoms. The minimum Gasteiger partial charge on any atom is -0.480 e. The topological polar surface area (TPSA) is 92.4 Å². The summed E-state index contributed by atoms with van der Waals surface area (Å²) in [5.74, 6) is -1.50. The number of aromatic nitrogens is 1. The van der Waals surface area contributed by atoms with Crippen LogP contribution in [0.3, 0.4) is 0 Å². The summed E-state index contributed by atoms with van der Waals surface area (Å²) in [6.07, 6.45) is 2.00. The molecule has 21 heavy (non-hydrogen) atoms. The quantitative estimate of drug-likeness (QED) is 0.852. The van der Waals surface area contributed by atoms with Gasteiger partial charge in [-0.2, -0.15) is 0 Å². The predicted octanol–water partition coefficient (Wildman–Crippen LogP) is 2.51. The van der Waals surface area contributed by atoms with E-state index in [0.717, 1.165) is 18.5 Å². The highest BCUT2D eigenvalue weighted by Gasteiger charge is 2.22. The lowest BCUT2D eigenvalue weighted by molar-refractivity contribution is -0.139. The van der Waals surface area contributed by atoms with Crippen LogP contribution in [0.4, 0.5) is 0 Å². The SMILES string of the molecule is CCCCC(NC(=O)c1cc2nc(C)ccc2o1)C(=O)O. The Morgan fingerprint density at radius 2 is 2.19 bits per heavy atom. The Morgan fingerprint density at radius 1 is 1.43 bits per heavy atom. The molecular weight excluding hydrogens is 272 g/mol. The van der Waals surface area contributed by atoms with E-state index in [4.69, 9.17) is 9.52 Å². The molecule has 0 saturated heterocycles. The van der Waals surface area contributed by atoms with E-state index in [1.807, 2.05) is 13.8 Å². The van der Waals surface area contributed by atoms with E-state index in [-0.39, 0.29) is 5.76 Å². The van der Waals surface area contributed by atoms with E-state index in [2.05, 4.69) is 10.3 Å². The van der Waals surface area contributed by atoms with Crippen LogP contribution in [-0.4, -0.2) is 28.0 Å². The van der Waals surface area contributed by atoms with Gasteiger partial charge in [-0.15, -0.1) is 0 Å². The lowest BCUT2D eigenvalue weighted by atomic mass is 10.1. The first-order valence-corrected chi connectivity index (χ1v) is 6.92. The summed E-state index contributed by atoms with van der Waals surface area (Å²) in [5, 5.41) is 11.6. The Morgan fingerprint density at radius 3 is 2.86 bits per heavy atom. The molecule has 0 saturated carbocycles. The number of rotatable bonds is 6. The Balaban J connectivity index is 2.15. The summed E-state index contributed by atoms with van der Waals surface area (Å²) >= 11 is 0. The van der Waals surface area contributed by atoms with Gasteiger partial charge in [-0.3, -0.25) is 4.79 Å². The second kappa shape index (κ2) is 6.39. The van der Waals surface area contributed by atoms with E-state index in [1.54, 1.807) is 12.1 Å². The van der Waals surface area contributed by atoms with Crippen molar-refractivity contribution in [1.82, 2.24) is 10.3 Å². The number of carboxylic acid groups (broad SMARTS) is 1. The molecule has 0 bridgehead atoms. The van der Waals surface area contributed by atoms with Crippen LogP contribution in [-0.2, 0) is 4.79 Å². The number of aliphatic carboxylic acids is 1. The molecule has 6 nitrogen and oxygen atoms in total. The minimum atomic E-state index is -1.04. The summed E-state index contributed by atoms with van der Waals surface area (Å²) in [6, 6.07) is 4.14. The first kappa shape index (κ1) is 15.0. The number of carbonyl (C=O) groups excluding carboxylic acids is 1. The fraction of sp³-hybridized carbons (Fsp3) is 0.400. The Bertz CT molecular complexity index is 663. The minimum absolute atomic E-state index is 0.0749. The maximum atomic E-state index is 12.1. The Kier molecular flexibility index (Phi) is 4.57. The van der Waals surface area contributed by atoms with E-state index in [1.165, 1.54) is 6.07 Å². The smallest absolute Gasteiger partial charge is 0.326 e. The zero-order chi connectivity index (χ0) is 15.4. The van der Waals surface area contributed by atoms with Crippen LogP contribution in [0, 0.1) is 6.92 Å². The molecule has 2 aromatic heterocycles. The van der Waals surface area contributed by atoms with Gasteiger partial charge in [-0.05, 0) is 25.5 Å². The van der Waals surface area contributed by atoms with Crippen LogP contribution in [0.25, 0.3) is 11.1 Å². The largest absolute Gasteiger partial charge is 0.480 e. The molecule has 0 radical (unpaired) electrons. The van der Waals surface area contributed by atoms with Crippen LogP contribution in [0.2, 0.25) is 0 Å². The molecule has 1 amide bonds. The van der Waals surface area contributed by atoms with Gasteiger partial charge >= 0.3 is 5.97 Å². The molecule has 2 rings (SSSR count). The molecule has 0 aliphatic carbocycles. The molecule has 0 fully saturated rings. The van der Waals surface area contributed by atoms with Gasteiger partial charge < -0.3 is 14.8 Å². The molecule has 0 spiro atoms. The van der Waals surface area contributed by atoms with Crippen LogP contribution >= 0.6 is 0 Å². The van der Waals surface area contributed by atoms with Gasteiger partial charge in [0.05, 0.1) is 0 Å². The average Bonchev–Trinajstić information content (AvgIpc) is 2.85. The van der Waals surface area contributed by atoms with Crippen molar-refractivity contribution in [2.45, 2.75) is 39.2 Å². The molecule has 1 atom stereocenters. The standard InChI is InChI=1S/C15H18N2O4/c1-3-4-5-10(15(19)20)17-14(18)13-8-11-12(21-13)7-6-9(2)16-11/h6-8,10H,3-5H2,1-2H3,(H,17,18)(H,19,20). The number of nitrogens with one attached hydrogen (secondary N) is 1. The van der Waals surface area contributed by atoms with Crippen molar-refractivity contribution in [3.8, 4) is 0 Å². The molecule has 0 aliphatic rings. The van der Waals surface area contributed by atoms with Gasteiger partial charge in [-0.1, -0.05) is 19.8 Å².